The number of hydrogen-bond donors (Lipinski definition) is 4. The van der Waals surface area contributed by atoms with Crippen LogP contribution >= 0.6 is 0 Å². The number of aromatic nitrogens is 2. The fourth-order valence-corrected chi connectivity index (χ4v) is 2.59. The number of amides is 2. The topological polar surface area (TPSA) is 169 Å². The highest BCUT2D eigenvalue weighted by molar-refractivity contribution is 5.97. The smallest absolute Gasteiger partial charge is 0.246 e. The molecule has 0 radical (unpaired) electrons. The van der Waals surface area contributed by atoms with Gasteiger partial charge in [0, 0.05) is 12.1 Å². The van der Waals surface area contributed by atoms with Crippen molar-refractivity contribution in [1.82, 2.24) is 9.97 Å². The number of rotatable bonds is 10. The Morgan fingerprint density at radius 2 is 2.13 bits per heavy atom. The molecule has 1 atom stereocenters. The lowest BCUT2D eigenvalue weighted by Gasteiger charge is -2.20. The molecular formula is C19H22FN7O3. The van der Waals surface area contributed by atoms with Gasteiger partial charge in [-0.3, -0.25) is 9.59 Å². The molecule has 1 aromatic heterocycles. The number of nitrogens with one attached hydrogen (secondary N) is 2. The largest absolute Gasteiger partial charge is 0.477 e. The maximum Gasteiger partial charge on any atom is 0.246 e. The quantitative estimate of drug-likeness (QED) is 0.452. The molecule has 6 N–H and O–H groups in total. The van der Waals surface area contributed by atoms with Gasteiger partial charge in [-0.2, -0.15) is 15.2 Å². The lowest BCUT2D eigenvalue weighted by Crippen LogP contribution is -2.36. The lowest BCUT2D eigenvalue weighted by atomic mass is 10.1. The number of ether oxygens (including phenoxy) is 1. The predicted molar refractivity (Wildman–Crippen MR) is 108 cm³/mol. The Kier molecular flexibility index (Phi) is 7.87. The predicted octanol–water partition coefficient (Wildman–Crippen LogP) is 1.48. The molecular weight excluding hydrogens is 393 g/mol. The second-order valence-electron chi connectivity index (χ2n) is 6.18. The number of halogens is 1. The number of primary amides is 1. The van der Waals surface area contributed by atoms with E-state index in [1.807, 2.05) is 6.07 Å². The summed E-state index contributed by atoms with van der Waals surface area (Å²) >= 11 is 0. The molecule has 158 valence electrons. The van der Waals surface area contributed by atoms with Gasteiger partial charge in [-0.25, -0.2) is 4.39 Å². The third kappa shape index (κ3) is 6.03. The molecule has 0 aliphatic rings. The van der Waals surface area contributed by atoms with E-state index in [0.717, 1.165) is 0 Å². The molecule has 2 aromatic rings. The van der Waals surface area contributed by atoms with Crippen molar-refractivity contribution in [1.29, 1.82) is 5.26 Å². The number of nitriles is 1. The molecule has 0 saturated carbocycles. The van der Waals surface area contributed by atoms with Crippen molar-refractivity contribution in [2.24, 2.45) is 5.73 Å². The van der Waals surface area contributed by atoms with Crippen LogP contribution in [-0.2, 0) is 16.3 Å². The monoisotopic (exact) mass is 415 g/mol. The summed E-state index contributed by atoms with van der Waals surface area (Å²) in [5, 5.41) is 14.9. The van der Waals surface area contributed by atoms with Crippen LogP contribution in [-0.4, -0.2) is 34.4 Å². The number of anilines is 3. The van der Waals surface area contributed by atoms with E-state index in [-0.39, 0.29) is 42.7 Å². The molecule has 0 spiro atoms. The first kappa shape index (κ1) is 22.4. The number of carbonyl (C=O) groups is 2. The molecule has 11 heteroatoms. The average molecular weight is 415 g/mol. The van der Waals surface area contributed by atoms with Crippen LogP contribution < -0.4 is 26.8 Å². The molecule has 0 aliphatic heterocycles. The van der Waals surface area contributed by atoms with Crippen LogP contribution in [0.15, 0.2) is 24.3 Å². The third-order valence-electron chi connectivity index (χ3n) is 3.94. The van der Waals surface area contributed by atoms with Gasteiger partial charge in [0.2, 0.25) is 23.6 Å². The Hall–Kier alpha value is -3.94. The summed E-state index contributed by atoms with van der Waals surface area (Å²) in [5.41, 5.74) is 11.6. The highest BCUT2D eigenvalue weighted by atomic mass is 19.1. The Balaban J connectivity index is 2.31. The van der Waals surface area contributed by atoms with Gasteiger partial charge in [0.25, 0.3) is 0 Å². The second kappa shape index (κ2) is 10.6. The first-order valence-corrected chi connectivity index (χ1v) is 9.08. The van der Waals surface area contributed by atoms with E-state index in [2.05, 4.69) is 20.6 Å². The molecule has 10 nitrogen and oxygen atoms in total. The van der Waals surface area contributed by atoms with E-state index < -0.39 is 24.5 Å². The number of hydrogen-bond acceptors (Lipinski definition) is 8. The maximum absolute atomic E-state index is 12.9. The zero-order valence-corrected chi connectivity index (χ0v) is 16.3. The zero-order valence-electron chi connectivity index (χ0n) is 16.3. The van der Waals surface area contributed by atoms with Gasteiger partial charge >= 0.3 is 0 Å². The number of carbonyl (C=O) groups excluding carboxylic acids is 2. The van der Waals surface area contributed by atoms with Gasteiger partial charge in [0.1, 0.15) is 18.8 Å². The number of nitrogen functional groups attached to an aromatic ring is 1. The lowest BCUT2D eigenvalue weighted by molar-refractivity contribution is -0.119. The van der Waals surface area contributed by atoms with Crippen LogP contribution in [0.1, 0.15) is 30.9 Å². The van der Waals surface area contributed by atoms with Crippen LogP contribution in [0.4, 0.5) is 21.8 Å². The summed E-state index contributed by atoms with van der Waals surface area (Å²) in [6.07, 6.45) is -0.0842. The molecule has 0 saturated heterocycles. The second-order valence-corrected chi connectivity index (χ2v) is 6.18. The Labute approximate surface area is 172 Å². The van der Waals surface area contributed by atoms with Gasteiger partial charge < -0.3 is 26.8 Å². The molecule has 0 aliphatic carbocycles. The fourth-order valence-electron chi connectivity index (χ4n) is 2.59. The first-order chi connectivity index (χ1) is 14.4. The van der Waals surface area contributed by atoms with E-state index in [9.17, 15) is 19.2 Å². The van der Waals surface area contributed by atoms with Crippen LogP contribution in [0, 0.1) is 11.3 Å². The van der Waals surface area contributed by atoms with Gasteiger partial charge in [-0.05, 0) is 31.0 Å². The summed E-state index contributed by atoms with van der Waals surface area (Å²) in [7, 11) is 0. The maximum atomic E-state index is 12.9. The molecule has 2 amide bonds. The standard InChI is InChI=1S/C19H22FN7O3/c1-2-30-18-13(10-21)16(26-19(23)27-18)25-14(6-7-15(22)28)17(29)24-12-5-3-4-11(8-12)9-20/h3-5,8,14H,2,6-7,9H2,1H3,(H2,22,28)(H,24,29)(H3,23,25,26,27)/t14-/m0/s1. The van der Waals surface area contributed by atoms with E-state index in [4.69, 9.17) is 16.2 Å². The molecule has 2 rings (SSSR count). The van der Waals surface area contributed by atoms with Gasteiger partial charge in [-0.15, -0.1) is 0 Å². The molecule has 1 heterocycles. The first-order valence-electron chi connectivity index (χ1n) is 9.08. The Morgan fingerprint density at radius 3 is 2.77 bits per heavy atom. The summed E-state index contributed by atoms with van der Waals surface area (Å²) < 4.78 is 18.2. The number of nitrogens with two attached hydrogens (primary N) is 2. The van der Waals surface area contributed by atoms with E-state index in [0.29, 0.717) is 11.3 Å². The van der Waals surface area contributed by atoms with E-state index in [1.165, 1.54) is 6.07 Å². The third-order valence-corrected chi connectivity index (χ3v) is 3.94. The van der Waals surface area contributed by atoms with Gasteiger partial charge in [0.05, 0.1) is 6.61 Å². The normalized spacial score (nSPS) is 11.2. The molecule has 1 aromatic carbocycles. The van der Waals surface area contributed by atoms with Gasteiger partial charge in [0.15, 0.2) is 11.4 Å². The van der Waals surface area contributed by atoms with Crippen LogP contribution in [0.3, 0.4) is 0 Å². The molecule has 0 fully saturated rings. The number of benzene rings is 1. The fraction of sp³-hybridized carbons (Fsp3) is 0.316. The van der Waals surface area contributed by atoms with E-state index >= 15 is 0 Å². The zero-order chi connectivity index (χ0) is 22.1. The summed E-state index contributed by atoms with van der Waals surface area (Å²) in [4.78, 5) is 31.9. The summed E-state index contributed by atoms with van der Waals surface area (Å²) in [6.45, 7) is 1.27. The molecule has 0 bridgehead atoms. The highest BCUT2D eigenvalue weighted by Crippen LogP contribution is 2.25. The van der Waals surface area contributed by atoms with Crippen molar-refractivity contribution < 1.29 is 18.7 Å². The summed E-state index contributed by atoms with van der Waals surface area (Å²) in [6, 6.07) is 7.18. The minimum absolute atomic E-state index is 0.0166. The minimum atomic E-state index is -0.998. The SMILES string of the molecule is CCOc1nc(N)nc(N[C@@H](CCC(N)=O)C(=O)Nc2cccc(CF)c2)c1C#N. The van der Waals surface area contributed by atoms with Crippen molar-refractivity contribution in [2.75, 3.05) is 23.0 Å². The van der Waals surface area contributed by atoms with Crippen LogP contribution in [0.25, 0.3) is 0 Å². The van der Waals surface area contributed by atoms with Crippen molar-refractivity contribution in [2.45, 2.75) is 32.5 Å². The van der Waals surface area contributed by atoms with Crippen molar-refractivity contribution in [3.63, 3.8) is 0 Å². The van der Waals surface area contributed by atoms with Gasteiger partial charge in [-0.1, -0.05) is 12.1 Å². The van der Waals surface area contributed by atoms with Crippen molar-refractivity contribution in [3.05, 3.63) is 35.4 Å². The minimum Gasteiger partial charge on any atom is -0.477 e. The average Bonchev–Trinajstić information content (AvgIpc) is 2.71. The van der Waals surface area contributed by atoms with Crippen LogP contribution in [0.2, 0.25) is 0 Å². The molecule has 30 heavy (non-hydrogen) atoms. The Bertz CT molecular complexity index is 962. The number of nitrogens with zero attached hydrogens (tertiary/aromatic N) is 3. The van der Waals surface area contributed by atoms with Crippen LogP contribution in [0.5, 0.6) is 5.88 Å². The Morgan fingerprint density at radius 1 is 1.37 bits per heavy atom. The highest BCUT2D eigenvalue weighted by Gasteiger charge is 2.24. The number of alkyl halides is 1. The summed E-state index contributed by atoms with van der Waals surface area (Å²) in [5.74, 6) is -1.35. The van der Waals surface area contributed by atoms with Crippen molar-refractivity contribution in [3.8, 4) is 11.9 Å². The molecule has 0 unspecified atom stereocenters. The van der Waals surface area contributed by atoms with Crippen molar-refractivity contribution >= 4 is 29.3 Å². The van der Waals surface area contributed by atoms with E-state index in [1.54, 1.807) is 25.1 Å².